The number of amides is 5. The van der Waals surface area contributed by atoms with Gasteiger partial charge < -0.3 is 49.9 Å². The molecule has 3 aromatic carbocycles. The standard InChI is InChI=1S/C34H44N10O5/c35-24-15-8-7-14-23(24)30(46)41-20-28(29(37)45)44-33(49)27(19-22-12-5-2-6-13-22)43-32(48)26(16-9-17-40-34(38)39)42-31(47)25(36)18-21-10-3-1-4-11-21/h1-8,10-15,25-28H,9,16-20,35-36H2,(H2,37,45)(H,41,46)(H,42,47)(H,43,48)(H,44,49)(H4,38,39,40)/t25-,26+,27-,28-/m0/s1. The van der Waals surface area contributed by atoms with E-state index in [4.69, 9.17) is 28.7 Å². The monoisotopic (exact) mass is 672 g/mol. The summed E-state index contributed by atoms with van der Waals surface area (Å²) >= 11 is 0. The van der Waals surface area contributed by atoms with Crippen LogP contribution >= 0.6 is 0 Å². The smallest absolute Gasteiger partial charge is 0.253 e. The number of nitrogen functional groups attached to an aromatic ring is 1. The lowest BCUT2D eigenvalue weighted by atomic mass is 10.0. The fourth-order valence-corrected chi connectivity index (χ4v) is 4.83. The maximum Gasteiger partial charge on any atom is 0.253 e. The van der Waals surface area contributed by atoms with Gasteiger partial charge in [-0.1, -0.05) is 72.8 Å². The summed E-state index contributed by atoms with van der Waals surface area (Å²) in [4.78, 5) is 69.4. The van der Waals surface area contributed by atoms with Gasteiger partial charge in [-0.25, -0.2) is 0 Å². The van der Waals surface area contributed by atoms with Crippen LogP contribution in [0, 0.1) is 0 Å². The van der Waals surface area contributed by atoms with E-state index in [-0.39, 0.29) is 49.6 Å². The molecule has 0 unspecified atom stereocenters. The van der Waals surface area contributed by atoms with Gasteiger partial charge in [-0.2, -0.15) is 0 Å². The number of nitrogens with one attached hydrogen (secondary N) is 4. The predicted molar refractivity (Wildman–Crippen MR) is 186 cm³/mol. The van der Waals surface area contributed by atoms with Crippen molar-refractivity contribution in [3.05, 3.63) is 102 Å². The maximum atomic E-state index is 13.7. The second-order valence-corrected chi connectivity index (χ2v) is 11.3. The first-order chi connectivity index (χ1) is 23.4. The third-order valence-corrected chi connectivity index (χ3v) is 7.46. The van der Waals surface area contributed by atoms with E-state index in [0.717, 1.165) is 5.56 Å². The van der Waals surface area contributed by atoms with E-state index < -0.39 is 53.7 Å². The highest BCUT2D eigenvalue weighted by Gasteiger charge is 2.30. The minimum atomic E-state index is -1.33. The van der Waals surface area contributed by atoms with Crippen LogP contribution in [0.2, 0.25) is 0 Å². The Morgan fingerprint density at radius 3 is 1.78 bits per heavy atom. The van der Waals surface area contributed by atoms with Crippen LogP contribution in [0.1, 0.15) is 34.3 Å². The number of carbonyl (C=O) groups is 5. The van der Waals surface area contributed by atoms with E-state index in [0.29, 0.717) is 12.0 Å². The topological polar surface area (TPSA) is 276 Å². The summed E-state index contributed by atoms with van der Waals surface area (Å²) in [6.45, 7) is -0.157. The maximum absolute atomic E-state index is 13.7. The Morgan fingerprint density at radius 1 is 0.653 bits per heavy atom. The number of benzene rings is 3. The zero-order valence-electron chi connectivity index (χ0n) is 27.0. The summed E-state index contributed by atoms with van der Waals surface area (Å²) in [5, 5.41) is 10.5. The van der Waals surface area contributed by atoms with Crippen LogP contribution in [0.4, 0.5) is 5.69 Å². The van der Waals surface area contributed by atoms with Gasteiger partial charge in [0.25, 0.3) is 5.91 Å². The molecule has 0 saturated heterocycles. The number of carbonyl (C=O) groups excluding carboxylic acids is 5. The van der Waals surface area contributed by atoms with Gasteiger partial charge in [-0.15, -0.1) is 0 Å². The fraction of sp³-hybridized carbons (Fsp3) is 0.294. The molecule has 3 rings (SSSR count). The minimum Gasteiger partial charge on any atom is -0.398 e. The average Bonchev–Trinajstić information content (AvgIpc) is 3.08. The molecule has 0 aliphatic heterocycles. The molecule has 0 radical (unpaired) electrons. The number of nitrogens with two attached hydrogens (primary N) is 5. The van der Waals surface area contributed by atoms with Crippen molar-refractivity contribution in [3.8, 4) is 0 Å². The number of hydrogen-bond acceptors (Lipinski definition) is 8. The Balaban J connectivity index is 1.77. The van der Waals surface area contributed by atoms with Gasteiger partial charge in [-0.05, 0) is 42.5 Å². The largest absolute Gasteiger partial charge is 0.398 e. The lowest BCUT2D eigenvalue weighted by Crippen LogP contribution is -2.59. The van der Waals surface area contributed by atoms with E-state index in [1.807, 2.05) is 30.3 Å². The molecule has 14 N–H and O–H groups in total. The Labute approximate surface area is 284 Å². The zero-order chi connectivity index (χ0) is 35.8. The molecule has 0 aliphatic rings. The number of guanidine groups is 1. The average molecular weight is 673 g/mol. The molecule has 3 aromatic rings. The summed E-state index contributed by atoms with van der Waals surface area (Å²) in [5.41, 5.74) is 30.4. The lowest BCUT2D eigenvalue weighted by Gasteiger charge is -2.26. The molecule has 15 nitrogen and oxygen atoms in total. The molecule has 0 aliphatic carbocycles. The molecule has 0 bridgehead atoms. The van der Waals surface area contributed by atoms with Crippen molar-refractivity contribution < 1.29 is 24.0 Å². The quantitative estimate of drug-likeness (QED) is 0.0339. The first-order valence-electron chi connectivity index (χ1n) is 15.7. The molecule has 0 fully saturated rings. The molecular formula is C34H44N10O5. The minimum absolute atomic E-state index is 0.0268. The van der Waals surface area contributed by atoms with Crippen molar-refractivity contribution in [2.24, 2.45) is 27.9 Å². The van der Waals surface area contributed by atoms with Crippen molar-refractivity contribution >= 4 is 41.2 Å². The fourth-order valence-electron chi connectivity index (χ4n) is 4.83. The van der Waals surface area contributed by atoms with Crippen molar-refractivity contribution in [2.45, 2.75) is 49.9 Å². The van der Waals surface area contributed by atoms with Crippen molar-refractivity contribution in [1.82, 2.24) is 21.3 Å². The van der Waals surface area contributed by atoms with Gasteiger partial charge in [0.2, 0.25) is 23.6 Å². The van der Waals surface area contributed by atoms with Gasteiger partial charge in [0.15, 0.2) is 5.96 Å². The Morgan fingerprint density at radius 2 is 1.18 bits per heavy atom. The highest BCUT2D eigenvalue weighted by molar-refractivity contribution is 6.00. The molecule has 4 atom stereocenters. The molecular weight excluding hydrogens is 628 g/mol. The molecule has 5 amide bonds. The highest BCUT2D eigenvalue weighted by atomic mass is 16.2. The van der Waals surface area contributed by atoms with E-state index in [2.05, 4.69) is 26.3 Å². The third-order valence-electron chi connectivity index (χ3n) is 7.46. The normalized spacial score (nSPS) is 13.1. The number of primary amides is 1. The van der Waals surface area contributed by atoms with E-state index >= 15 is 0 Å². The van der Waals surface area contributed by atoms with Gasteiger partial charge >= 0.3 is 0 Å². The van der Waals surface area contributed by atoms with Crippen LogP contribution in [-0.4, -0.2) is 72.8 Å². The second kappa shape index (κ2) is 19.0. The van der Waals surface area contributed by atoms with Gasteiger partial charge in [0.1, 0.15) is 18.1 Å². The number of para-hydroxylation sites is 1. The Hall–Kier alpha value is -5.96. The van der Waals surface area contributed by atoms with Crippen LogP contribution in [0.5, 0.6) is 0 Å². The number of nitrogens with zero attached hydrogens (tertiary/aromatic N) is 1. The molecule has 49 heavy (non-hydrogen) atoms. The van der Waals surface area contributed by atoms with Crippen LogP contribution < -0.4 is 49.9 Å². The number of rotatable bonds is 18. The second-order valence-electron chi connectivity index (χ2n) is 11.3. The lowest BCUT2D eigenvalue weighted by molar-refractivity contribution is -0.133. The predicted octanol–water partition coefficient (Wildman–Crippen LogP) is -1.20. The molecule has 0 spiro atoms. The van der Waals surface area contributed by atoms with Crippen molar-refractivity contribution in [2.75, 3.05) is 18.8 Å². The summed E-state index contributed by atoms with van der Waals surface area (Å²) in [7, 11) is 0. The van der Waals surface area contributed by atoms with Crippen molar-refractivity contribution in [3.63, 3.8) is 0 Å². The van der Waals surface area contributed by atoms with Crippen molar-refractivity contribution in [1.29, 1.82) is 0 Å². The SMILES string of the molecule is NC(=O)[C@H](CNC(=O)c1ccccc1N)NC(=O)[C@H](Cc1ccccc1)NC(=O)[C@@H](CCCN=C(N)N)NC(=O)[C@@H](N)Cc1ccccc1. The number of anilines is 1. The molecule has 0 heterocycles. The molecule has 0 aromatic heterocycles. The first kappa shape index (κ1) is 37.5. The Kier molecular flexibility index (Phi) is 14.5. The Bertz CT molecular complexity index is 1600. The van der Waals surface area contributed by atoms with Gasteiger partial charge in [-0.3, -0.25) is 29.0 Å². The van der Waals surface area contributed by atoms with Crippen LogP contribution in [0.3, 0.4) is 0 Å². The van der Waals surface area contributed by atoms with Gasteiger partial charge in [0.05, 0.1) is 11.6 Å². The summed E-state index contributed by atoms with van der Waals surface area (Å²) < 4.78 is 0. The van der Waals surface area contributed by atoms with Crippen LogP contribution in [0.25, 0.3) is 0 Å². The summed E-state index contributed by atoms with van der Waals surface area (Å²) in [5.74, 6) is -3.61. The first-order valence-corrected chi connectivity index (χ1v) is 15.7. The summed E-state index contributed by atoms with van der Waals surface area (Å²) in [6, 6.07) is 19.8. The van der Waals surface area contributed by atoms with Crippen LogP contribution in [-0.2, 0) is 32.0 Å². The molecule has 15 heteroatoms. The molecule has 0 saturated carbocycles. The zero-order valence-corrected chi connectivity index (χ0v) is 27.0. The highest BCUT2D eigenvalue weighted by Crippen LogP contribution is 2.10. The number of hydrogen-bond donors (Lipinski definition) is 9. The van der Waals surface area contributed by atoms with Crippen LogP contribution in [0.15, 0.2) is 89.9 Å². The van der Waals surface area contributed by atoms with E-state index in [1.54, 1.807) is 48.5 Å². The summed E-state index contributed by atoms with van der Waals surface area (Å²) in [6.07, 6.45) is 0.689. The third kappa shape index (κ3) is 12.6. The van der Waals surface area contributed by atoms with E-state index in [9.17, 15) is 24.0 Å². The number of aliphatic imine (C=N–C) groups is 1. The molecule has 260 valence electrons. The van der Waals surface area contributed by atoms with Gasteiger partial charge in [0, 0.05) is 25.2 Å². The van der Waals surface area contributed by atoms with E-state index in [1.165, 1.54) is 6.07 Å².